The highest BCUT2D eigenvalue weighted by Gasteiger charge is 2.05. The van der Waals surface area contributed by atoms with E-state index in [2.05, 4.69) is 6.58 Å². The van der Waals surface area contributed by atoms with Crippen molar-refractivity contribution in [3.05, 3.63) is 52.9 Å². The smallest absolute Gasteiger partial charge is 0.123 e. The Morgan fingerprint density at radius 3 is 2.33 bits per heavy atom. The minimum atomic E-state index is -0.190. The fourth-order valence-corrected chi connectivity index (χ4v) is 1.52. The number of halogens is 1. The third-order valence-corrected chi connectivity index (χ3v) is 2.81. The Bertz CT molecular complexity index is 425. The van der Waals surface area contributed by atoms with Crippen LogP contribution in [0, 0.1) is 12.7 Å². The zero-order valence-electron chi connectivity index (χ0n) is 9.82. The molecule has 0 aliphatic rings. The van der Waals surface area contributed by atoms with E-state index in [9.17, 15) is 4.39 Å². The molecule has 0 nitrogen and oxygen atoms in total. The molecule has 0 unspecified atom stereocenters. The van der Waals surface area contributed by atoms with Crippen molar-refractivity contribution in [2.45, 2.75) is 27.7 Å². The highest BCUT2D eigenvalue weighted by Crippen LogP contribution is 2.25. The summed E-state index contributed by atoms with van der Waals surface area (Å²) in [6.07, 6.45) is 0. The van der Waals surface area contributed by atoms with Crippen LogP contribution >= 0.6 is 0 Å². The minimum Gasteiger partial charge on any atom is -0.207 e. The van der Waals surface area contributed by atoms with E-state index in [1.165, 1.54) is 6.07 Å². The fourth-order valence-electron chi connectivity index (χ4n) is 1.52. The Morgan fingerprint density at radius 1 is 1.20 bits per heavy atom. The van der Waals surface area contributed by atoms with Crippen molar-refractivity contribution in [2.75, 3.05) is 0 Å². The van der Waals surface area contributed by atoms with Gasteiger partial charge in [-0.15, -0.1) is 0 Å². The van der Waals surface area contributed by atoms with Crippen LogP contribution in [0.4, 0.5) is 4.39 Å². The summed E-state index contributed by atoms with van der Waals surface area (Å²) in [7, 11) is 0. The third kappa shape index (κ3) is 2.56. The van der Waals surface area contributed by atoms with Gasteiger partial charge >= 0.3 is 0 Å². The number of hydrogen-bond donors (Lipinski definition) is 0. The van der Waals surface area contributed by atoms with Crippen molar-refractivity contribution in [2.24, 2.45) is 0 Å². The lowest BCUT2D eigenvalue weighted by Gasteiger charge is -2.10. The van der Waals surface area contributed by atoms with Crippen LogP contribution in [0.15, 0.2) is 35.9 Å². The average molecular weight is 204 g/mol. The number of allylic oxidation sites excluding steroid dienone is 3. The van der Waals surface area contributed by atoms with Gasteiger partial charge in [-0.1, -0.05) is 18.2 Å². The first-order chi connectivity index (χ1) is 6.93. The van der Waals surface area contributed by atoms with Crippen molar-refractivity contribution in [3.8, 4) is 0 Å². The summed E-state index contributed by atoms with van der Waals surface area (Å²) in [5.74, 6) is -0.190. The van der Waals surface area contributed by atoms with Crippen molar-refractivity contribution in [3.63, 3.8) is 0 Å². The van der Waals surface area contributed by atoms with Crippen molar-refractivity contribution in [1.29, 1.82) is 0 Å². The molecule has 1 rings (SSSR count). The molecule has 0 radical (unpaired) electrons. The first-order valence-corrected chi connectivity index (χ1v) is 5.03. The molecule has 0 N–H and O–H groups in total. The lowest BCUT2D eigenvalue weighted by Crippen LogP contribution is -1.91. The molecule has 1 heteroatoms. The summed E-state index contributed by atoms with van der Waals surface area (Å²) in [5.41, 5.74) is 5.31. The first-order valence-electron chi connectivity index (χ1n) is 5.03. The second-order valence-corrected chi connectivity index (χ2v) is 3.99. The molecule has 0 saturated heterocycles. The lowest BCUT2D eigenvalue weighted by molar-refractivity contribution is 0.627. The molecule has 15 heavy (non-hydrogen) atoms. The monoisotopic (exact) mass is 204 g/mol. The Balaban J connectivity index is 3.33. The van der Waals surface area contributed by atoms with Crippen LogP contribution in [0.3, 0.4) is 0 Å². The summed E-state index contributed by atoms with van der Waals surface area (Å²) in [5, 5.41) is 0. The normalized spacial score (nSPS) is 12.3. The highest BCUT2D eigenvalue weighted by atomic mass is 19.1. The van der Waals surface area contributed by atoms with Crippen LogP contribution < -0.4 is 0 Å². The fraction of sp³-hybridized carbons (Fsp3) is 0.286. The summed E-state index contributed by atoms with van der Waals surface area (Å²) in [6, 6.07) is 4.87. The maximum atomic E-state index is 13.1. The molecule has 0 fully saturated rings. The number of aryl methyl sites for hydroxylation is 1. The summed E-state index contributed by atoms with van der Waals surface area (Å²) in [4.78, 5) is 0. The molecule has 1 aromatic carbocycles. The molecule has 0 spiro atoms. The molecule has 80 valence electrons. The molecule has 1 aromatic rings. The second-order valence-electron chi connectivity index (χ2n) is 3.99. The van der Waals surface area contributed by atoms with Gasteiger partial charge in [-0.25, -0.2) is 4.39 Å². The van der Waals surface area contributed by atoms with Crippen LogP contribution in [-0.4, -0.2) is 0 Å². The van der Waals surface area contributed by atoms with E-state index in [4.69, 9.17) is 0 Å². The molecule has 0 aromatic heterocycles. The van der Waals surface area contributed by atoms with Gasteiger partial charge in [0, 0.05) is 0 Å². The van der Waals surface area contributed by atoms with E-state index < -0.39 is 0 Å². The molecule has 0 aliphatic carbocycles. The lowest BCUT2D eigenvalue weighted by atomic mass is 9.95. The highest BCUT2D eigenvalue weighted by molar-refractivity contribution is 5.72. The van der Waals surface area contributed by atoms with Gasteiger partial charge in [-0.3, -0.25) is 0 Å². The zero-order chi connectivity index (χ0) is 11.6. The quantitative estimate of drug-likeness (QED) is 0.622. The van der Waals surface area contributed by atoms with Crippen LogP contribution in [0.5, 0.6) is 0 Å². The maximum Gasteiger partial charge on any atom is 0.123 e. The van der Waals surface area contributed by atoms with Crippen molar-refractivity contribution >= 4 is 5.57 Å². The van der Waals surface area contributed by atoms with E-state index >= 15 is 0 Å². The maximum absolute atomic E-state index is 13.1. The molecule has 0 atom stereocenters. The molecule has 0 heterocycles. The summed E-state index contributed by atoms with van der Waals surface area (Å²) < 4.78 is 13.1. The Hall–Kier alpha value is -1.37. The van der Waals surface area contributed by atoms with E-state index in [-0.39, 0.29) is 5.82 Å². The van der Waals surface area contributed by atoms with Gasteiger partial charge < -0.3 is 0 Å². The number of hydrogen-bond acceptors (Lipinski definition) is 0. The Kier molecular flexibility index (Phi) is 3.46. The largest absolute Gasteiger partial charge is 0.207 e. The SMILES string of the molecule is C=C(C)/C(C)=C(\C)c1cc(F)ccc1C. The minimum absolute atomic E-state index is 0.190. The van der Waals surface area contributed by atoms with Gasteiger partial charge in [0.1, 0.15) is 5.82 Å². The molecular formula is C14H17F. The predicted octanol–water partition coefficient (Wildman–Crippen LogP) is 4.50. The molecule has 0 aliphatic heterocycles. The van der Waals surface area contributed by atoms with Gasteiger partial charge in [0.25, 0.3) is 0 Å². The van der Waals surface area contributed by atoms with Gasteiger partial charge in [0.05, 0.1) is 0 Å². The van der Waals surface area contributed by atoms with Crippen LogP contribution in [-0.2, 0) is 0 Å². The van der Waals surface area contributed by atoms with Crippen LogP contribution in [0.2, 0.25) is 0 Å². The zero-order valence-corrected chi connectivity index (χ0v) is 9.82. The van der Waals surface area contributed by atoms with E-state index in [0.717, 1.165) is 27.8 Å². The molecule has 0 amide bonds. The van der Waals surface area contributed by atoms with Gasteiger partial charge in [0.15, 0.2) is 0 Å². The standard InChI is InChI=1S/C14H17F/c1-9(2)11(4)12(5)14-8-13(15)7-6-10(14)3/h6-8H,1H2,2-5H3/b12-11+. The molecule has 0 bridgehead atoms. The van der Waals surface area contributed by atoms with Crippen LogP contribution in [0.1, 0.15) is 31.9 Å². The van der Waals surface area contributed by atoms with E-state index in [1.807, 2.05) is 27.7 Å². The number of rotatable bonds is 2. The Morgan fingerprint density at radius 2 is 1.80 bits per heavy atom. The third-order valence-electron chi connectivity index (χ3n) is 2.81. The van der Waals surface area contributed by atoms with Gasteiger partial charge in [-0.2, -0.15) is 0 Å². The average Bonchev–Trinajstić information content (AvgIpc) is 2.19. The topological polar surface area (TPSA) is 0 Å². The number of benzene rings is 1. The van der Waals surface area contributed by atoms with Crippen LogP contribution in [0.25, 0.3) is 5.57 Å². The van der Waals surface area contributed by atoms with E-state index in [0.29, 0.717) is 0 Å². The summed E-state index contributed by atoms with van der Waals surface area (Å²) >= 11 is 0. The second kappa shape index (κ2) is 4.43. The van der Waals surface area contributed by atoms with Gasteiger partial charge in [0.2, 0.25) is 0 Å². The predicted molar refractivity (Wildman–Crippen MR) is 64.2 cm³/mol. The molecular weight excluding hydrogens is 187 g/mol. The van der Waals surface area contributed by atoms with Crippen molar-refractivity contribution < 1.29 is 4.39 Å². The first kappa shape index (κ1) is 11.7. The van der Waals surface area contributed by atoms with Crippen molar-refractivity contribution in [1.82, 2.24) is 0 Å². The molecule has 0 saturated carbocycles. The Labute approximate surface area is 91.1 Å². The van der Waals surface area contributed by atoms with Gasteiger partial charge in [-0.05, 0) is 62.1 Å². The van der Waals surface area contributed by atoms with E-state index in [1.54, 1.807) is 12.1 Å². The summed E-state index contributed by atoms with van der Waals surface area (Å²) in [6.45, 7) is 11.9.